The summed E-state index contributed by atoms with van der Waals surface area (Å²) in [6, 6.07) is 53.0. The van der Waals surface area contributed by atoms with E-state index in [2.05, 4.69) is 151 Å². The average molecular weight is 1850 g/mol. The van der Waals surface area contributed by atoms with Gasteiger partial charge in [0.15, 0.2) is 33.9 Å². The number of nitrogens with two attached hydrogens (primary N) is 7. The van der Waals surface area contributed by atoms with Gasteiger partial charge < -0.3 is 94.7 Å². The Morgan fingerprint density at radius 3 is 1.38 bits per heavy atom. The Balaban J connectivity index is 0.000000104. The lowest BCUT2D eigenvalue weighted by Crippen LogP contribution is -2.56. The lowest BCUT2D eigenvalue weighted by molar-refractivity contribution is -0.124. The molecule has 1 spiro atoms. The van der Waals surface area contributed by atoms with Gasteiger partial charge in [0.25, 0.3) is 0 Å². The maximum atomic E-state index is 12.8. The fourth-order valence-corrected chi connectivity index (χ4v) is 18.7. The SMILES string of the molecule is Nc1cc(N2CCC(N3C(=O)Cc4ccccc43)CC2)nc2ccnn12.Nc1cc(N2CCC(Oc3ncccn3)CC2)nc2ccnn12.Nc1cc(N2CCC3(CC2)C(=O)NCN3c2ccccc2)nc2ccnn12.Nc1cc(N2CCN(c3ccc(Cl)c(Cl)c3)CC2)nc2ccnn12.Nc1cc(N2CC[C@H](N)C2)nc2ccnn12.Nc1cc(NCc2cccs2)nc2ccnn12. The number of halogens is 2. The molecule has 1 atom stereocenters. The number of piperazine rings is 1. The predicted molar refractivity (Wildman–Crippen MR) is 519 cm³/mol. The third-order valence-corrected chi connectivity index (χ3v) is 26.2. The summed E-state index contributed by atoms with van der Waals surface area (Å²) in [7, 11) is 0. The Morgan fingerprint density at radius 1 is 0.436 bits per heavy atom. The van der Waals surface area contributed by atoms with Crippen molar-refractivity contribution in [2.75, 3.05) is 164 Å². The molecular weight excluding hydrogens is 1750 g/mol. The number of carbonyl (C=O) groups is 2. The smallest absolute Gasteiger partial charge is 0.316 e. The summed E-state index contributed by atoms with van der Waals surface area (Å²) in [6.45, 7) is 11.5. The molecule has 3 aromatic carbocycles. The van der Waals surface area contributed by atoms with Crippen molar-refractivity contribution in [1.82, 2.24) is 103 Å². The van der Waals surface area contributed by atoms with Crippen LogP contribution >= 0.6 is 34.5 Å². The molecule has 682 valence electrons. The Hall–Kier alpha value is -15.4. The predicted octanol–water partition coefficient (Wildman–Crippen LogP) is 9.04. The van der Waals surface area contributed by atoms with E-state index in [1.54, 1.807) is 100 Å². The maximum Gasteiger partial charge on any atom is 0.316 e. The Kier molecular flexibility index (Phi) is 25.1. The zero-order chi connectivity index (χ0) is 91.2. The standard InChI is InChI=1S/C19H21N7O.C19H20N6O.C16H16Cl2N6.C15H17N7O.C11H11N5S.C10H14N6/c20-15-12-17(23-16-6-9-22-26(15)16)24-10-7-19(8-11-24)18(27)21-13-25(19)14-4-2-1-3-5-14;20-16-12-18(22-17-5-8-21-25(16)17)23-9-6-14(7-10-23)24-15-4-2-1-3-13(15)11-19(24)26;17-12-2-1-11(9-13(12)18)22-5-7-23(8-6-22)16-10-14(19)24-15(21-16)3-4-20-24;16-12-10-14(20-13-2-7-19-22(12)13)21-8-3-11(4-9-21)23-15-17-5-1-6-18-15;12-9-6-10(13-7-8-2-1-5-17-8)15-11-3-4-14-16(9)11;11-7-2-4-15(6-7)10-5-8(12)16-9(14-10)1-3-13-16/h1-6,9,12H,7-8,10-11,13,20H2,(H,21,27);1-5,8,12,14H,6-7,9-11,20H2;1-4,9-10H,5-8,19H2;1-2,5-7,10-11H,3-4,8-9,16H2;1-6H,7,12H2,(H,13,15);1,3,5,7H,2,4,6,11-12H2/t;;;;;7-/m.....0/s1. The van der Waals surface area contributed by atoms with Crippen LogP contribution in [0, 0.1) is 0 Å². The number of para-hydroxylation sites is 2. The molecule has 24 rings (SSSR count). The minimum absolute atomic E-state index is 0.115. The van der Waals surface area contributed by atoms with Gasteiger partial charge in [0.1, 0.15) is 81.5 Å². The second-order valence-corrected chi connectivity index (χ2v) is 34.8. The molecule has 17 aromatic rings. The largest absolute Gasteiger partial charge is 0.460 e. The molecule has 21 heterocycles. The molecule has 7 aliphatic heterocycles. The summed E-state index contributed by atoms with van der Waals surface area (Å²) >= 11 is 13.8. The number of rotatable bonds is 13. The van der Waals surface area contributed by atoms with Gasteiger partial charge in [-0.1, -0.05) is 65.7 Å². The second-order valence-electron chi connectivity index (χ2n) is 32.9. The number of nitrogens with one attached hydrogen (secondary N) is 2. The van der Waals surface area contributed by atoms with Gasteiger partial charge in [0.2, 0.25) is 11.8 Å². The zero-order valence-corrected chi connectivity index (χ0v) is 74.9. The third-order valence-electron chi connectivity index (χ3n) is 24.6. The van der Waals surface area contributed by atoms with Gasteiger partial charge in [-0.25, -0.2) is 39.9 Å². The monoisotopic (exact) mass is 1850 g/mol. The van der Waals surface area contributed by atoms with Crippen molar-refractivity contribution >= 4 is 167 Å². The highest BCUT2D eigenvalue weighted by Crippen LogP contribution is 2.40. The average Bonchev–Trinajstić information content (AvgIpc) is 1.62. The molecule has 0 bridgehead atoms. The Labute approximate surface area is 776 Å². The van der Waals surface area contributed by atoms with Crippen LogP contribution in [0.4, 0.5) is 86.9 Å². The van der Waals surface area contributed by atoms with Crippen molar-refractivity contribution < 1.29 is 14.3 Å². The highest BCUT2D eigenvalue weighted by Gasteiger charge is 2.51. The summed E-state index contributed by atoms with van der Waals surface area (Å²) in [6.07, 6.45) is 20.3. The first-order valence-corrected chi connectivity index (χ1v) is 45.5. The number of amides is 2. The molecule has 2 amide bonds. The molecule has 0 saturated carbocycles. The van der Waals surface area contributed by atoms with E-state index in [-0.39, 0.29) is 30.0 Å². The zero-order valence-electron chi connectivity index (χ0n) is 72.5. The number of aromatic nitrogens is 20. The van der Waals surface area contributed by atoms with E-state index in [1.807, 2.05) is 126 Å². The fourth-order valence-electron chi connectivity index (χ4n) is 17.8. The molecular formula is C90H99Cl2N37O3S. The van der Waals surface area contributed by atoms with Gasteiger partial charge in [0.05, 0.1) is 66.9 Å². The first-order chi connectivity index (χ1) is 64.8. The van der Waals surface area contributed by atoms with Crippen LogP contribution in [0.5, 0.6) is 6.01 Å². The van der Waals surface area contributed by atoms with Gasteiger partial charge in [0, 0.05) is 211 Å². The van der Waals surface area contributed by atoms with E-state index in [4.69, 9.17) is 68.1 Å². The van der Waals surface area contributed by atoms with Crippen LogP contribution < -0.4 is 94.7 Å². The van der Waals surface area contributed by atoms with E-state index in [0.717, 1.165) is 221 Å². The summed E-state index contributed by atoms with van der Waals surface area (Å²) in [4.78, 5) is 79.8. The minimum Gasteiger partial charge on any atom is -0.460 e. The van der Waals surface area contributed by atoms with Crippen LogP contribution in [-0.4, -0.2) is 218 Å². The number of carbonyl (C=O) groups excluding carboxylic acids is 2. The van der Waals surface area contributed by atoms with E-state index in [0.29, 0.717) is 64.1 Å². The van der Waals surface area contributed by atoms with Crippen LogP contribution in [0.3, 0.4) is 0 Å². The van der Waals surface area contributed by atoms with E-state index >= 15 is 0 Å². The molecule has 133 heavy (non-hydrogen) atoms. The number of piperidine rings is 3. The molecule has 7 aliphatic rings. The number of nitrogens with zero attached hydrogens (tertiary/aromatic N) is 28. The van der Waals surface area contributed by atoms with Gasteiger partial charge in [-0.2, -0.15) is 57.7 Å². The van der Waals surface area contributed by atoms with Crippen molar-refractivity contribution in [1.29, 1.82) is 0 Å². The Bertz CT molecular complexity index is 6920. The third kappa shape index (κ3) is 18.9. The quantitative estimate of drug-likeness (QED) is 0.0519. The van der Waals surface area contributed by atoms with Crippen molar-refractivity contribution in [2.45, 2.75) is 81.6 Å². The highest BCUT2D eigenvalue weighted by molar-refractivity contribution is 7.09. The minimum atomic E-state index is -0.496. The van der Waals surface area contributed by atoms with Crippen molar-refractivity contribution in [3.05, 3.63) is 239 Å². The first kappa shape index (κ1) is 87.0. The fraction of sp³-hybridized carbons (Fsp3) is 0.289. The maximum absolute atomic E-state index is 12.8. The molecule has 40 nitrogen and oxygen atoms in total. The van der Waals surface area contributed by atoms with Crippen molar-refractivity contribution in [3.63, 3.8) is 0 Å². The van der Waals surface area contributed by atoms with Crippen LogP contribution in [-0.2, 0) is 22.6 Å². The highest BCUT2D eigenvalue weighted by atomic mass is 35.5. The van der Waals surface area contributed by atoms with Gasteiger partial charge >= 0.3 is 6.01 Å². The summed E-state index contributed by atoms with van der Waals surface area (Å²) < 4.78 is 15.6. The number of ether oxygens (including phenoxy) is 1. The topological polar surface area (TPSA) is 482 Å². The molecule has 0 aliphatic carbocycles. The lowest BCUT2D eigenvalue weighted by Gasteiger charge is -2.43. The van der Waals surface area contributed by atoms with Crippen molar-refractivity contribution in [3.8, 4) is 6.01 Å². The lowest BCUT2D eigenvalue weighted by atomic mass is 9.85. The summed E-state index contributed by atoms with van der Waals surface area (Å²) in [5.41, 5.74) is 50.3. The van der Waals surface area contributed by atoms with E-state index in [1.165, 1.54) is 4.88 Å². The van der Waals surface area contributed by atoms with Gasteiger partial charge in [-0.3, -0.25) is 9.59 Å². The number of fused-ring (bicyclic) bond motifs is 7. The van der Waals surface area contributed by atoms with Crippen LogP contribution in [0.25, 0.3) is 33.9 Å². The molecule has 6 fully saturated rings. The normalized spacial score (nSPS) is 16.8. The number of hydrogen-bond acceptors (Lipinski definition) is 33. The molecule has 14 aromatic heterocycles. The Morgan fingerprint density at radius 2 is 0.887 bits per heavy atom. The molecule has 6 saturated heterocycles. The number of anilines is 15. The second kappa shape index (κ2) is 38.4. The number of benzene rings is 3. The molecule has 0 unspecified atom stereocenters. The summed E-state index contributed by atoms with van der Waals surface area (Å²) in [5, 5.41) is 34.3. The van der Waals surface area contributed by atoms with Crippen LogP contribution in [0.2, 0.25) is 10.0 Å². The van der Waals surface area contributed by atoms with Crippen LogP contribution in [0.1, 0.15) is 55.4 Å². The van der Waals surface area contributed by atoms with Crippen molar-refractivity contribution in [2.24, 2.45) is 5.73 Å². The molecule has 43 heteroatoms. The van der Waals surface area contributed by atoms with E-state index in [9.17, 15) is 9.59 Å². The number of thiophene rings is 1. The van der Waals surface area contributed by atoms with Crippen LogP contribution in [0.15, 0.2) is 219 Å². The first-order valence-electron chi connectivity index (χ1n) is 43.9. The van der Waals surface area contributed by atoms with E-state index < -0.39 is 5.54 Å². The van der Waals surface area contributed by atoms with Gasteiger partial charge in [-0.05, 0) is 91.6 Å². The number of hydrogen-bond donors (Lipinski definition) is 9. The van der Waals surface area contributed by atoms with Gasteiger partial charge in [-0.15, -0.1) is 11.3 Å². The molecule has 0 radical (unpaired) electrons. The summed E-state index contributed by atoms with van der Waals surface area (Å²) in [5.74, 6) is 8.96. The molecule has 16 N–H and O–H groups in total. The number of nitrogen functional groups attached to an aromatic ring is 6.